The van der Waals surface area contributed by atoms with Gasteiger partial charge in [0.1, 0.15) is 5.58 Å². The van der Waals surface area contributed by atoms with E-state index < -0.39 is 0 Å². The highest BCUT2D eigenvalue weighted by molar-refractivity contribution is 7.00. The summed E-state index contributed by atoms with van der Waals surface area (Å²) in [6.45, 7) is 13.1. The normalized spacial score (nSPS) is 12.7. The maximum Gasteiger partial charge on any atom is 0.252 e. The number of hydrogen-bond acceptors (Lipinski definition) is 4. The third-order valence-electron chi connectivity index (χ3n) is 13.6. The fourth-order valence-electron chi connectivity index (χ4n) is 10.5. The van der Waals surface area contributed by atoms with Gasteiger partial charge in [0.2, 0.25) is 0 Å². The zero-order chi connectivity index (χ0) is 44.1. The number of fused-ring (bicyclic) bond motifs is 7. The van der Waals surface area contributed by atoms with Crippen molar-refractivity contribution in [1.82, 2.24) is 0 Å². The minimum atomic E-state index is -0.0166. The van der Waals surface area contributed by atoms with Crippen molar-refractivity contribution in [1.29, 1.82) is 0 Å². The average Bonchev–Trinajstić information content (AvgIpc) is 3.71. The molecular weight excluding hydrogens is 789 g/mol. The first-order valence-corrected chi connectivity index (χ1v) is 22.7. The van der Waals surface area contributed by atoms with Gasteiger partial charge in [0.05, 0.1) is 17.1 Å². The van der Waals surface area contributed by atoms with E-state index in [1.54, 1.807) is 0 Å². The Balaban J connectivity index is 1.23. The molecule has 0 atom stereocenters. The summed E-state index contributed by atoms with van der Waals surface area (Å²) in [7, 11) is 0. The van der Waals surface area contributed by atoms with Crippen molar-refractivity contribution in [3.8, 4) is 11.1 Å². The van der Waals surface area contributed by atoms with Gasteiger partial charge in [-0.3, -0.25) is 0 Å². The van der Waals surface area contributed by atoms with Crippen LogP contribution >= 0.6 is 0 Å². The number of nitrogens with zero attached hydrogens (tertiary/aromatic N) is 3. The Hall–Kier alpha value is -7.76. The van der Waals surface area contributed by atoms with Gasteiger partial charge in [0.15, 0.2) is 5.58 Å². The molecule has 2 aliphatic rings. The molecule has 10 aromatic rings. The minimum absolute atomic E-state index is 0.0166. The predicted molar refractivity (Wildman–Crippen MR) is 276 cm³/mol. The molecule has 65 heavy (non-hydrogen) atoms. The number of benzene rings is 9. The molecule has 312 valence electrons. The van der Waals surface area contributed by atoms with Gasteiger partial charge in [-0.15, -0.1) is 0 Å². The second-order valence-electron chi connectivity index (χ2n) is 18.2. The number of furan rings is 1. The summed E-state index contributed by atoms with van der Waals surface area (Å²) in [5.41, 5.74) is 25.4. The van der Waals surface area contributed by atoms with Crippen LogP contribution in [-0.2, 0) is 0 Å². The smallest absolute Gasteiger partial charge is 0.252 e. The van der Waals surface area contributed by atoms with E-state index >= 15 is 0 Å². The molecule has 12 rings (SSSR count). The first-order chi connectivity index (χ1) is 31.7. The Morgan fingerprint density at radius 3 is 1.65 bits per heavy atom. The quantitative estimate of drug-likeness (QED) is 0.156. The van der Waals surface area contributed by atoms with E-state index in [2.05, 4.69) is 238 Å². The minimum Gasteiger partial charge on any atom is -0.454 e. The topological polar surface area (TPSA) is 22.9 Å². The lowest BCUT2D eigenvalue weighted by molar-refractivity contribution is 0.666. The van der Waals surface area contributed by atoms with Gasteiger partial charge in [-0.05, 0) is 136 Å². The van der Waals surface area contributed by atoms with Crippen LogP contribution in [0.1, 0.15) is 33.4 Å². The molecule has 2 aliphatic heterocycles. The van der Waals surface area contributed by atoms with E-state index in [1.807, 2.05) is 0 Å². The van der Waals surface area contributed by atoms with Gasteiger partial charge in [-0.1, -0.05) is 143 Å². The predicted octanol–water partition coefficient (Wildman–Crippen LogP) is 14.7. The molecule has 0 spiro atoms. The summed E-state index contributed by atoms with van der Waals surface area (Å²) < 4.78 is 6.96. The van der Waals surface area contributed by atoms with Crippen molar-refractivity contribution in [3.05, 3.63) is 215 Å². The second kappa shape index (κ2) is 14.9. The van der Waals surface area contributed by atoms with Crippen molar-refractivity contribution >= 4 is 96.2 Å². The lowest BCUT2D eigenvalue weighted by Gasteiger charge is -2.45. The third-order valence-corrected chi connectivity index (χ3v) is 13.6. The summed E-state index contributed by atoms with van der Waals surface area (Å²) in [4.78, 5) is 7.48. The molecule has 0 radical (unpaired) electrons. The van der Waals surface area contributed by atoms with Gasteiger partial charge < -0.3 is 19.1 Å². The third kappa shape index (κ3) is 6.21. The van der Waals surface area contributed by atoms with Crippen LogP contribution in [0.3, 0.4) is 0 Å². The Labute approximate surface area is 381 Å². The Morgan fingerprint density at radius 2 is 0.969 bits per heavy atom. The van der Waals surface area contributed by atoms with Crippen LogP contribution in [0.15, 0.2) is 186 Å². The van der Waals surface area contributed by atoms with E-state index in [9.17, 15) is 0 Å². The summed E-state index contributed by atoms with van der Waals surface area (Å²) in [6.07, 6.45) is 0. The van der Waals surface area contributed by atoms with Gasteiger partial charge in [-0.2, -0.15) is 0 Å². The van der Waals surface area contributed by atoms with Crippen LogP contribution in [0.25, 0.3) is 33.1 Å². The lowest BCUT2D eigenvalue weighted by atomic mass is 9.33. The fraction of sp³-hybridized carbons (Fsp3) is 0.100. The summed E-state index contributed by atoms with van der Waals surface area (Å²) in [6, 6.07) is 67.7. The van der Waals surface area contributed by atoms with Crippen molar-refractivity contribution in [2.24, 2.45) is 0 Å². The molecule has 0 saturated heterocycles. The van der Waals surface area contributed by atoms with Gasteiger partial charge in [0, 0.05) is 50.5 Å². The molecule has 0 N–H and O–H groups in total. The van der Waals surface area contributed by atoms with E-state index in [0.717, 1.165) is 67.3 Å². The summed E-state index contributed by atoms with van der Waals surface area (Å²) in [5, 5.41) is 2.22. The number of anilines is 9. The first kappa shape index (κ1) is 38.9. The molecule has 0 fully saturated rings. The highest BCUT2D eigenvalue weighted by atomic mass is 16.3. The molecule has 0 bridgehead atoms. The molecule has 0 aliphatic carbocycles. The highest BCUT2D eigenvalue weighted by Gasteiger charge is 2.44. The standard InChI is InChI=1S/C60H48BN3O/c1-37-18-25-43(26-19-37)49-32-39(3)22-29-52(49)64-54-31-24-41(5)34-51(54)61-50-33-40(4)23-30-53(50)63(45-27-20-38(2)21-28-45)56-35-46(36-57(64)58(56)61)62(44-13-8-7-9-14-44)55-17-11-16-48-47-15-10-12-42(6)59(47)65-60(48)55/h7-36H,1-6H3. The molecule has 0 saturated carbocycles. The van der Waals surface area contributed by atoms with Gasteiger partial charge in [-0.25, -0.2) is 0 Å². The van der Waals surface area contributed by atoms with Gasteiger partial charge >= 0.3 is 0 Å². The highest BCUT2D eigenvalue weighted by Crippen LogP contribution is 2.51. The average molecular weight is 838 g/mol. The molecule has 0 amide bonds. The number of rotatable bonds is 6. The van der Waals surface area contributed by atoms with Crippen LogP contribution < -0.4 is 31.1 Å². The van der Waals surface area contributed by atoms with Crippen molar-refractivity contribution in [3.63, 3.8) is 0 Å². The number of para-hydroxylation sites is 3. The molecule has 9 aromatic carbocycles. The molecule has 5 heteroatoms. The Kier molecular flexibility index (Phi) is 8.93. The Morgan fingerprint density at radius 1 is 0.415 bits per heavy atom. The van der Waals surface area contributed by atoms with Gasteiger partial charge in [0.25, 0.3) is 6.71 Å². The molecule has 4 nitrogen and oxygen atoms in total. The first-order valence-electron chi connectivity index (χ1n) is 22.7. The van der Waals surface area contributed by atoms with Crippen LogP contribution in [0.2, 0.25) is 0 Å². The van der Waals surface area contributed by atoms with Crippen LogP contribution in [-0.4, -0.2) is 6.71 Å². The van der Waals surface area contributed by atoms with Crippen molar-refractivity contribution in [2.45, 2.75) is 41.5 Å². The van der Waals surface area contributed by atoms with E-state index in [-0.39, 0.29) is 6.71 Å². The molecule has 0 unspecified atom stereocenters. The van der Waals surface area contributed by atoms with Crippen molar-refractivity contribution in [2.75, 3.05) is 14.7 Å². The SMILES string of the molecule is Cc1ccc(-c2cc(C)ccc2N2c3ccc(C)cc3B3c4cc(C)ccc4N(c4ccc(C)cc4)c4cc(N(c5ccccc5)c5cccc6c5oc5c(C)cccc56)cc2c43)cc1. The number of aryl methyl sites for hydroxylation is 6. The maximum atomic E-state index is 6.96. The van der Waals surface area contributed by atoms with E-state index in [1.165, 1.54) is 66.7 Å². The molecule has 1 aromatic heterocycles. The fourth-order valence-corrected chi connectivity index (χ4v) is 10.5. The van der Waals surface area contributed by atoms with Crippen LogP contribution in [0.5, 0.6) is 0 Å². The monoisotopic (exact) mass is 837 g/mol. The Bertz CT molecular complexity index is 3520. The maximum absolute atomic E-state index is 6.96. The van der Waals surface area contributed by atoms with Crippen LogP contribution in [0.4, 0.5) is 51.2 Å². The molecular formula is C60H48BN3O. The zero-order valence-electron chi connectivity index (χ0n) is 37.6. The van der Waals surface area contributed by atoms with E-state index in [0.29, 0.717) is 0 Å². The lowest BCUT2D eigenvalue weighted by Crippen LogP contribution is -2.61. The summed E-state index contributed by atoms with van der Waals surface area (Å²) in [5.74, 6) is 0. The number of hydrogen-bond donors (Lipinski definition) is 0. The molecule has 3 heterocycles. The largest absolute Gasteiger partial charge is 0.454 e. The van der Waals surface area contributed by atoms with E-state index in [4.69, 9.17) is 4.42 Å². The second-order valence-corrected chi connectivity index (χ2v) is 18.2. The summed E-state index contributed by atoms with van der Waals surface area (Å²) >= 11 is 0. The van der Waals surface area contributed by atoms with Crippen molar-refractivity contribution < 1.29 is 4.42 Å². The van der Waals surface area contributed by atoms with Crippen LogP contribution in [0, 0.1) is 41.5 Å². The zero-order valence-corrected chi connectivity index (χ0v) is 37.6.